The molecule has 0 aliphatic rings. The van der Waals surface area contributed by atoms with Gasteiger partial charge in [0.25, 0.3) is 0 Å². The van der Waals surface area contributed by atoms with Crippen LogP contribution in [0.3, 0.4) is 0 Å². The first-order valence-electron chi connectivity index (χ1n) is 9.33. The van der Waals surface area contributed by atoms with Crippen LogP contribution in [0.5, 0.6) is 0 Å². The number of nitrogens with zero attached hydrogens (tertiary/aromatic N) is 4. The second kappa shape index (κ2) is 10.2. The monoisotopic (exact) mass is 524 g/mol. The van der Waals surface area contributed by atoms with Crippen molar-refractivity contribution in [3.8, 4) is 11.3 Å². The van der Waals surface area contributed by atoms with Gasteiger partial charge in [-0.2, -0.15) is 0 Å². The first kappa shape index (κ1) is 23.3. The SMILES string of the molecule is CN=C(NCc1nc(C(C)(C)C)cs1)N(C)Cc1ncc(-c2ccccc2)[nH]1.I. The molecule has 0 atom stereocenters. The van der Waals surface area contributed by atoms with Crippen molar-refractivity contribution in [2.45, 2.75) is 39.3 Å². The summed E-state index contributed by atoms with van der Waals surface area (Å²) < 4.78 is 0. The van der Waals surface area contributed by atoms with Crippen LogP contribution in [0.25, 0.3) is 11.3 Å². The number of halogens is 1. The number of benzene rings is 1. The minimum atomic E-state index is 0. The summed E-state index contributed by atoms with van der Waals surface area (Å²) in [4.78, 5) is 19.1. The number of aromatic amines is 1. The predicted octanol–water partition coefficient (Wildman–Crippen LogP) is 4.66. The lowest BCUT2D eigenvalue weighted by Gasteiger charge is -2.20. The number of nitrogens with one attached hydrogen (secondary N) is 2. The third kappa shape index (κ3) is 6.27. The van der Waals surface area contributed by atoms with E-state index in [0.29, 0.717) is 13.1 Å². The van der Waals surface area contributed by atoms with E-state index < -0.39 is 0 Å². The van der Waals surface area contributed by atoms with E-state index in [9.17, 15) is 0 Å². The van der Waals surface area contributed by atoms with Crippen LogP contribution in [0.4, 0.5) is 0 Å². The molecular formula is C21H29IN6S. The molecule has 0 fully saturated rings. The highest BCUT2D eigenvalue weighted by atomic mass is 127. The Morgan fingerprint density at radius 2 is 1.97 bits per heavy atom. The van der Waals surface area contributed by atoms with Crippen LogP contribution in [0.2, 0.25) is 0 Å². The van der Waals surface area contributed by atoms with Gasteiger partial charge in [0.15, 0.2) is 5.96 Å². The molecule has 0 spiro atoms. The fourth-order valence-corrected chi connectivity index (χ4v) is 3.74. The molecule has 0 amide bonds. The van der Waals surface area contributed by atoms with Crippen LogP contribution in [0.15, 0.2) is 46.9 Å². The molecule has 0 saturated carbocycles. The number of rotatable bonds is 5. The molecule has 0 unspecified atom stereocenters. The van der Waals surface area contributed by atoms with Crippen molar-refractivity contribution in [3.63, 3.8) is 0 Å². The maximum atomic E-state index is 4.73. The molecule has 3 rings (SSSR count). The first-order valence-corrected chi connectivity index (χ1v) is 10.2. The molecular weight excluding hydrogens is 495 g/mol. The fraction of sp³-hybridized carbons (Fsp3) is 0.381. The van der Waals surface area contributed by atoms with E-state index in [0.717, 1.165) is 33.7 Å². The Kier molecular flexibility index (Phi) is 8.21. The quantitative estimate of drug-likeness (QED) is 0.290. The second-order valence-corrected chi connectivity index (χ2v) is 8.69. The molecule has 3 aromatic rings. The molecule has 8 heteroatoms. The highest BCUT2D eigenvalue weighted by Gasteiger charge is 2.17. The zero-order valence-electron chi connectivity index (χ0n) is 17.6. The van der Waals surface area contributed by atoms with Gasteiger partial charge < -0.3 is 15.2 Å². The van der Waals surface area contributed by atoms with Crippen molar-refractivity contribution in [1.82, 2.24) is 25.2 Å². The molecule has 1 aromatic carbocycles. The van der Waals surface area contributed by atoms with Gasteiger partial charge in [-0.25, -0.2) is 9.97 Å². The van der Waals surface area contributed by atoms with Crippen LogP contribution < -0.4 is 5.32 Å². The summed E-state index contributed by atoms with van der Waals surface area (Å²) in [6.07, 6.45) is 1.87. The number of hydrogen-bond donors (Lipinski definition) is 2. The first-order chi connectivity index (χ1) is 13.4. The van der Waals surface area contributed by atoms with Crippen molar-refractivity contribution >= 4 is 41.3 Å². The maximum Gasteiger partial charge on any atom is 0.194 e. The van der Waals surface area contributed by atoms with Gasteiger partial charge in [-0.3, -0.25) is 4.99 Å². The Hall–Kier alpha value is -1.94. The third-order valence-corrected chi connectivity index (χ3v) is 5.24. The molecule has 6 nitrogen and oxygen atoms in total. The van der Waals surface area contributed by atoms with Gasteiger partial charge in [0.05, 0.1) is 30.7 Å². The van der Waals surface area contributed by atoms with Crippen LogP contribution in [0, 0.1) is 0 Å². The summed E-state index contributed by atoms with van der Waals surface area (Å²) in [7, 11) is 3.79. The molecule has 156 valence electrons. The van der Waals surface area contributed by atoms with E-state index in [1.807, 2.05) is 36.3 Å². The number of aromatic nitrogens is 3. The van der Waals surface area contributed by atoms with Crippen molar-refractivity contribution in [1.29, 1.82) is 0 Å². The predicted molar refractivity (Wildman–Crippen MR) is 132 cm³/mol. The van der Waals surface area contributed by atoms with E-state index in [1.54, 1.807) is 18.4 Å². The molecule has 0 aliphatic heterocycles. The minimum absolute atomic E-state index is 0. The summed E-state index contributed by atoms with van der Waals surface area (Å²) in [5, 5.41) is 6.59. The Bertz CT molecular complexity index is 926. The van der Waals surface area contributed by atoms with Gasteiger partial charge in [-0.1, -0.05) is 51.1 Å². The fourth-order valence-electron chi connectivity index (χ4n) is 2.78. The second-order valence-electron chi connectivity index (χ2n) is 7.74. The van der Waals surface area contributed by atoms with E-state index >= 15 is 0 Å². The van der Waals surface area contributed by atoms with E-state index in [1.165, 1.54) is 0 Å². The topological polar surface area (TPSA) is 69.2 Å². The lowest BCUT2D eigenvalue weighted by molar-refractivity contribution is 0.463. The number of thiazole rings is 1. The Balaban J connectivity index is 0.00000300. The minimum Gasteiger partial charge on any atom is -0.350 e. The van der Waals surface area contributed by atoms with Gasteiger partial charge in [-0.05, 0) is 5.56 Å². The summed E-state index contributed by atoms with van der Waals surface area (Å²) in [6, 6.07) is 10.2. The van der Waals surface area contributed by atoms with E-state index in [-0.39, 0.29) is 29.4 Å². The number of H-pyrrole nitrogens is 1. The van der Waals surface area contributed by atoms with Gasteiger partial charge in [-0.15, -0.1) is 35.3 Å². The normalized spacial score (nSPS) is 11.8. The number of imidazole rings is 1. The molecule has 2 heterocycles. The van der Waals surface area contributed by atoms with Gasteiger partial charge >= 0.3 is 0 Å². The lowest BCUT2D eigenvalue weighted by Crippen LogP contribution is -2.38. The van der Waals surface area contributed by atoms with Crippen molar-refractivity contribution in [2.75, 3.05) is 14.1 Å². The van der Waals surface area contributed by atoms with Crippen LogP contribution >= 0.6 is 35.3 Å². The largest absolute Gasteiger partial charge is 0.350 e. The number of aliphatic imine (C=N–C) groups is 1. The lowest BCUT2D eigenvalue weighted by atomic mass is 9.93. The van der Waals surface area contributed by atoms with Crippen molar-refractivity contribution < 1.29 is 0 Å². The molecule has 0 bridgehead atoms. The van der Waals surface area contributed by atoms with Crippen LogP contribution in [-0.4, -0.2) is 39.9 Å². The average Bonchev–Trinajstić information content (AvgIpc) is 3.32. The zero-order valence-corrected chi connectivity index (χ0v) is 20.7. The Labute approximate surface area is 193 Å². The molecule has 0 aliphatic carbocycles. The van der Waals surface area contributed by atoms with E-state index in [4.69, 9.17) is 4.98 Å². The van der Waals surface area contributed by atoms with Gasteiger partial charge in [0, 0.05) is 24.9 Å². The smallest absolute Gasteiger partial charge is 0.194 e. The zero-order chi connectivity index (χ0) is 20.1. The van der Waals surface area contributed by atoms with Crippen LogP contribution in [-0.2, 0) is 18.5 Å². The molecule has 29 heavy (non-hydrogen) atoms. The van der Waals surface area contributed by atoms with Gasteiger partial charge in [0.2, 0.25) is 0 Å². The summed E-state index contributed by atoms with van der Waals surface area (Å²) in [6.45, 7) is 7.83. The third-order valence-electron chi connectivity index (χ3n) is 4.39. The van der Waals surface area contributed by atoms with Crippen molar-refractivity contribution in [3.05, 3.63) is 58.4 Å². The Morgan fingerprint density at radius 3 is 2.59 bits per heavy atom. The molecule has 0 radical (unpaired) electrons. The molecule has 2 N–H and O–H groups in total. The van der Waals surface area contributed by atoms with Crippen LogP contribution in [0.1, 0.15) is 37.3 Å². The Morgan fingerprint density at radius 1 is 1.24 bits per heavy atom. The van der Waals surface area contributed by atoms with E-state index in [2.05, 4.69) is 58.6 Å². The number of hydrogen-bond acceptors (Lipinski definition) is 4. The molecule has 2 aromatic heterocycles. The summed E-state index contributed by atoms with van der Waals surface area (Å²) in [5.74, 6) is 1.71. The maximum absolute atomic E-state index is 4.73. The van der Waals surface area contributed by atoms with Gasteiger partial charge in [0.1, 0.15) is 10.8 Å². The van der Waals surface area contributed by atoms with Crippen molar-refractivity contribution in [2.24, 2.45) is 4.99 Å². The summed E-state index contributed by atoms with van der Waals surface area (Å²) in [5.41, 5.74) is 3.35. The standard InChI is InChI=1S/C21H28N6S.HI/c1-21(2,3)17-14-28-19(26-17)12-24-20(22-4)27(5)13-18-23-11-16(25-18)15-9-7-6-8-10-15;/h6-11,14H,12-13H2,1-5H3,(H,22,24)(H,23,25);1H. The molecule has 0 saturated heterocycles. The average molecular weight is 524 g/mol. The summed E-state index contributed by atoms with van der Waals surface area (Å²) >= 11 is 1.68. The highest BCUT2D eigenvalue weighted by molar-refractivity contribution is 14.0. The number of guanidine groups is 1. The highest BCUT2D eigenvalue weighted by Crippen LogP contribution is 2.23.